The largest absolute Gasteiger partial charge is 0.508 e. The Morgan fingerprint density at radius 3 is 2.52 bits per heavy atom. The highest BCUT2D eigenvalue weighted by Crippen LogP contribution is 2.13. The van der Waals surface area contributed by atoms with Crippen molar-refractivity contribution in [2.45, 2.75) is 32.4 Å². The highest BCUT2D eigenvalue weighted by Gasteiger charge is 2.09. The molecule has 2 rings (SSSR count). The molecule has 0 amide bonds. The van der Waals surface area contributed by atoms with Gasteiger partial charge in [-0.25, -0.2) is 8.78 Å². The van der Waals surface area contributed by atoms with E-state index in [0.29, 0.717) is 12.1 Å². The Labute approximate surface area is 123 Å². The molecule has 21 heavy (non-hydrogen) atoms. The van der Waals surface area contributed by atoms with Crippen molar-refractivity contribution in [3.63, 3.8) is 0 Å². The third kappa shape index (κ3) is 4.53. The predicted molar refractivity (Wildman–Crippen MR) is 79.1 cm³/mol. The van der Waals surface area contributed by atoms with Crippen LogP contribution in [-0.4, -0.2) is 11.1 Å². The van der Waals surface area contributed by atoms with E-state index < -0.39 is 11.6 Å². The zero-order chi connectivity index (χ0) is 15.2. The summed E-state index contributed by atoms with van der Waals surface area (Å²) in [5.41, 5.74) is 1.48. The van der Waals surface area contributed by atoms with Gasteiger partial charge in [0.15, 0.2) is 11.6 Å². The maximum absolute atomic E-state index is 13.5. The van der Waals surface area contributed by atoms with Crippen molar-refractivity contribution >= 4 is 0 Å². The molecule has 0 saturated carbocycles. The predicted octanol–water partition coefficient (Wildman–Crippen LogP) is 3.78. The zero-order valence-corrected chi connectivity index (χ0v) is 11.9. The number of hydrogen-bond donors (Lipinski definition) is 2. The van der Waals surface area contributed by atoms with Gasteiger partial charge in [-0.05, 0) is 43.5 Å². The summed E-state index contributed by atoms with van der Waals surface area (Å²) in [5, 5.41) is 12.4. The smallest absolute Gasteiger partial charge is 0.163 e. The number of aryl methyl sites for hydroxylation is 1. The number of phenols is 1. The number of hydrogen-bond acceptors (Lipinski definition) is 2. The van der Waals surface area contributed by atoms with Gasteiger partial charge >= 0.3 is 0 Å². The van der Waals surface area contributed by atoms with Crippen LogP contribution in [0.4, 0.5) is 8.78 Å². The van der Waals surface area contributed by atoms with Gasteiger partial charge in [0.25, 0.3) is 0 Å². The zero-order valence-electron chi connectivity index (χ0n) is 11.9. The third-order valence-corrected chi connectivity index (χ3v) is 3.47. The molecule has 4 heteroatoms. The quantitative estimate of drug-likeness (QED) is 0.849. The molecule has 0 aromatic heterocycles. The van der Waals surface area contributed by atoms with Crippen LogP contribution in [0, 0.1) is 11.6 Å². The molecule has 0 saturated heterocycles. The van der Waals surface area contributed by atoms with Crippen LogP contribution in [0.25, 0.3) is 0 Å². The first-order valence-electron chi connectivity index (χ1n) is 7.00. The van der Waals surface area contributed by atoms with Gasteiger partial charge in [-0.2, -0.15) is 0 Å². The van der Waals surface area contributed by atoms with Crippen LogP contribution in [0.3, 0.4) is 0 Å². The van der Waals surface area contributed by atoms with Gasteiger partial charge in [0.1, 0.15) is 5.75 Å². The highest BCUT2D eigenvalue weighted by molar-refractivity contribution is 5.26. The fourth-order valence-electron chi connectivity index (χ4n) is 2.12. The summed E-state index contributed by atoms with van der Waals surface area (Å²) in [6.45, 7) is 2.32. The van der Waals surface area contributed by atoms with Gasteiger partial charge in [0, 0.05) is 18.2 Å². The van der Waals surface area contributed by atoms with Gasteiger partial charge in [0.05, 0.1) is 0 Å². The molecule has 1 atom stereocenters. The van der Waals surface area contributed by atoms with Crippen molar-refractivity contribution < 1.29 is 13.9 Å². The minimum Gasteiger partial charge on any atom is -0.508 e. The van der Waals surface area contributed by atoms with Crippen molar-refractivity contribution in [1.29, 1.82) is 0 Å². The van der Waals surface area contributed by atoms with Crippen molar-refractivity contribution in [1.82, 2.24) is 5.32 Å². The normalized spacial score (nSPS) is 12.3. The molecule has 2 nitrogen and oxygen atoms in total. The monoisotopic (exact) mass is 291 g/mol. The average molecular weight is 291 g/mol. The van der Waals surface area contributed by atoms with E-state index in [1.165, 1.54) is 6.07 Å². The SMILES string of the molecule is CC(CCc1ccc(O)cc1)NCc1cccc(F)c1F. The molecule has 0 fully saturated rings. The Bertz CT molecular complexity index is 584. The standard InChI is InChI=1S/C17H19F2NO/c1-12(5-6-13-7-9-15(21)10-8-13)20-11-14-3-2-4-16(18)17(14)19/h2-4,7-10,12,20-21H,5-6,11H2,1H3. The Morgan fingerprint density at radius 2 is 1.81 bits per heavy atom. The first-order valence-corrected chi connectivity index (χ1v) is 7.00. The van der Waals surface area contributed by atoms with Crippen molar-refractivity contribution in [2.24, 2.45) is 0 Å². The van der Waals surface area contributed by atoms with Crippen LogP contribution in [0.5, 0.6) is 5.75 Å². The van der Waals surface area contributed by atoms with Crippen LogP contribution >= 0.6 is 0 Å². The van der Waals surface area contributed by atoms with E-state index in [4.69, 9.17) is 0 Å². The Morgan fingerprint density at radius 1 is 1.10 bits per heavy atom. The summed E-state index contributed by atoms with van der Waals surface area (Å²) in [5.74, 6) is -1.34. The second-order valence-corrected chi connectivity index (χ2v) is 5.20. The van der Waals surface area contributed by atoms with Crippen molar-refractivity contribution in [2.75, 3.05) is 0 Å². The van der Waals surface area contributed by atoms with E-state index in [1.807, 2.05) is 19.1 Å². The summed E-state index contributed by atoms with van der Waals surface area (Å²) in [6, 6.07) is 11.5. The first-order chi connectivity index (χ1) is 10.1. The van der Waals surface area contributed by atoms with Crippen LogP contribution in [0.15, 0.2) is 42.5 Å². The maximum atomic E-state index is 13.5. The van der Waals surface area contributed by atoms with E-state index >= 15 is 0 Å². The number of benzene rings is 2. The van der Waals surface area contributed by atoms with Gasteiger partial charge in [-0.15, -0.1) is 0 Å². The molecule has 2 aromatic carbocycles. The van der Waals surface area contributed by atoms with Gasteiger partial charge in [-0.1, -0.05) is 24.3 Å². The summed E-state index contributed by atoms with van der Waals surface area (Å²) in [6.07, 6.45) is 1.74. The van der Waals surface area contributed by atoms with E-state index in [0.717, 1.165) is 24.5 Å². The molecule has 112 valence electrons. The van der Waals surface area contributed by atoms with E-state index in [2.05, 4.69) is 5.32 Å². The number of aromatic hydroxyl groups is 1. The minimum absolute atomic E-state index is 0.182. The molecule has 2 N–H and O–H groups in total. The summed E-state index contributed by atoms with van der Waals surface area (Å²) < 4.78 is 26.6. The number of nitrogens with one attached hydrogen (secondary N) is 1. The molecular formula is C17H19F2NO. The molecular weight excluding hydrogens is 272 g/mol. The topological polar surface area (TPSA) is 32.3 Å². The molecule has 0 spiro atoms. The second-order valence-electron chi connectivity index (χ2n) is 5.20. The Hall–Kier alpha value is -1.94. The average Bonchev–Trinajstić information content (AvgIpc) is 2.48. The summed E-state index contributed by atoms with van der Waals surface area (Å²) >= 11 is 0. The first kappa shape index (κ1) is 15.4. The molecule has 1 unspecified atom stereocenters. The third-order valence-electron chi connectivity index (χ3n) is 3.47. The molecule has 0 aliphatic rings. The molecule has 0 aliphatic carbocycles. The van der Waals surface area contributed by atoms with Crippen molar-refractivity contribution in [3.05, 3.63) is 65.2 Å². The minimum atomic E-state index is -0.814. The lowest BCUT2D eigenvalue weighted by atomic mass is 10.1. The molecule has 2 aromatic rings. The number of halogens is 2. The van der Waals surface area contributed by atoms with Crippen LogP contribution in [0.2, 0.25) is 0 Å². The molecule has 0 radical (unpaired) electrons. The van der Waals surface area contributed by atoms with Crippen molar-refractivity contribution in [3.8, 4) is 5.75 Å². The lowest BCUT2D eigenvalue weighted by Gasteiger charge is -2.14. The molecule has 0 bridgehead atoms. The fraction of sp³-hybridized carbons (Fsp3) is 0.294. The van der Waals surface area contributed by atoms with E-state index in [9.17, 15) is 13.9 Å². The maximum Gasteiger partial charge on any atom is 0.163 e. The molecule has 0 aliphatic heterocycles. The Kier molecular flexibility index (Phi) is 5.28. The fourth-order valence-corrected chi connectivity index (χ4v) is 2.12. The van der Waals surface area contributed by atoms with E-state index in [1.54, 1.807) is 18.2 Å². The van der Waals surface area contributed by atoms with Gasteiger partial charge in [0.2, 0.25) is 0 Å². The van der Waals surface area contributed by atoms with Crippen LogP contribution in [0.1, 0.15) is 24.5 Å². The lowest BCUT2D eigenvalue weighted by molar-refractivity contribution is 0.471. The van der Waals surface area contributed by atoms with Crippen LogP contribution in [-0.2, 0) is 13.0 Å². The van der Waals surface area contributed by atoms with Gasteiger partial charge < -0.3 is 10.4 Å². The summed E-state index contributed by atoms with van der Waals surface area (Å²) in [7, 11) is 0. The van der Waals surface area contributed by atoms with Crippen LogP contribution < -0.4 is 5.32 Å². The van der Waals surface area contributed by atoms with Gasteiger partial charge in [-0.3, -0.25) is 0 Å². The number of rotatable bonds is 6. The molecule has 0 heterocycles. The second kappa shape index (κ2) is 7.18. The summed E-state index contributed by atoms with van der Waals surface area (Å²) in [4.78, 5) is 0. The Balaban J connectivity index is 1.80. The highest BCUT2D eigenvalue weighted by atomic mass is 19.2. The lowest BCUT2D eigenvalue weighted by Crippen LogP contribution is -2.26. The van der Waals surface area contributed by atoms with E-state index in [-0.39, 0.29) is 11.8 Å². The number of phenolic OH excluding ortho intramolecular Hbond substituents is 1.